The van der Waals surface area contributed by atoms with Crippen LogP contribution in [-0.2, 0) is 16.1 Å². The Labute approximate surface area is 132 Å². The monoisotopic (exact) mass is 308 g/mol. The van der Waals surface area contributed by atoms with E-state index in [4.69, 9.17) is 4.74 Å². The molecular weight excluding hydrogens is 280 g/mol. The Bertz CT molecular complexity index is 459. The van der Waals surface area contributed by atoms with Gasteiger partial charge in [0.05, 0.1) is 13.0 Å². The molecule has 1 saturated carbocycles. The number of carbonyl (C=O) groups excluding carboxylic acids is 1. The van der Waals surface area contributed by atoms with Gasteiger partial charge >= 0.3 is 5.97 Å². The summed E-state index contributed by atoms with van der Waals surface area (Å²) in [4.78, 5) is 16.2. The Balaban J connectivity index is 1.90. The van der Waals surface area contributed by atoms with Crippen LogP contribution in [0.25, 0.3) is 0 Å². The van der Waals surface area contributed by atoms with Gasteiger partial charge in [0.15, 0.2) is 0 Å². The lowest BCUT2D eigenvalue weighted by Crippen LogP contribution is -2.50. The van der Waals surface area contributed by atoms with E-state index in [0.717, 1.165) is 25.9 Å². The lowest BCUT2D eigenvalue weighted by molar-refractivity contribution is -0.157. The molecule has 1 fully saturated rings. The van der Waals surface area contributed by atoms with Crippen LogP contribution in [0.15, 0.2) is 12.7 Å². The van der Waals surface area contributed by atoms with E-state index in [1.54, 1.807) is 11.0 Å². The van der Waals surface area contributed by atoms with Crippen LogP contribution in [0.4, 0.5) is 0 Å². The molecule has 1 aromatic heterocycles. The molecule has 2 rings (SSSR count). The minimum Gasteiger partial charge on any atom is -0.460 e. The second-order valence-corrected chi connectivity index (χ2v) is 7.19. The molecule has 1 aromatic rings. The number of esters is 1. The molecule has 0 bridgehead atoms. The highest BCUT2D eigenvalue weighted by Crippen LogP contribution is 2.31. The van der Waals surface area contributed by atoms with Crippen molar-refractivity contribution in [1.29, 1.82) is 0 Å². The van der Waals surface area contributed by atoms with Gasteiger partial charge in [-0.15, -0.1) is 0 Å². The Morgan fingerprint density at radius 3 is 2.64 bits per heavy atom. The fourth-order valence-electron chi connectivity index (χ4n) is 3.08. The molecule has 0 amide bonds. The summed E-state index contributed by atoms with van der Waals surface area (Å²) in [6, 6.07) is 0. The molecule has 1 aliphatic carbocycles. The standard InChI is InChI=1S/C16H28N4O2/c1-15(2,3)22-14(21)11-16(7-5-4-6-8-16)18-9-10-20-13-17-12-19-20/h12-13,18H,4-11H2,1-3H3. The van der Waals surface area contributed by atoms with Gasteiger partial charge in [-0.1, -0.05) is 19.3 Å². The third-order valence-corrected chi connectivity index (χ3v) is 4.02. The molecule has 0 aliphatic heterocycles. The van der Waals surface area contributed by atoms with Crippen LogP contribution < -0.4 is 5.32 Å². The van der Waals surface area contributed by atoms with Crippen LogP contribution in [0, 0.1) is 0 Å². The predicted molar refractivity (Wildman–Crippen MR) is 84.3 cm³/mol. The largest absolute Gasteiger partial charge is 0.460 e. The fourth-order valence-corrected chi connectivity index (χ4v) is 3.08. The zero-order chi connectivity index (χ0) is 16.1. The smallest absolute Gasteiger partial charge is 0.308 e. The van der Waals surface area contributed by atoms with Gasteiger partial charge in [-0.05, 0) is 33.6 Å². The predicted octanol–water partition coefficient (Wildman–Crippen LogP) is 2.30. The van der Waals surface area contributed by atoms with E-state index in [-0.39, 0.29) is 11.5 Å². The van der Waals surface area contributed by atoms with Crippen LogP contribution in [0.5, 0.6) is 0 Å². The van der Waals surface area contributed by atoms with Gasteiger partial charge in [-0.3, -0.25) is 9.48 Å². The second kappa shape index (κ2) is 7.22. The third kappa shape index (κ3) is 5.40. The van der Waals surface area contributed by atoms with Crippen molar-refractivity contribution in [1.82, 2.24) is 20.1 Å². The molecule has 1 aliphatic rings. The number of hydrogen-bond acceptors (Lipinski definition) is 5. The zero-order valence-electron chi connectivity index (χ0n) is 14.0. The van der Waals surface area contributed by atoms with Crippen LogP contribution in [0.3, 0.4) is 0 Å². The van der Waals surface area contributed by atoms with Crippen LogP contribution in [0.2, 0.25) is 0 Å². The first kappa shape index (κ1) is 16.9. The molecule has 0 spiro atoms. The molecule has 0 radical (unpaired) electrons. The van der Waals surface area contributed by atoms with Crippen LogP contribution >= 0.6 is 0 Å². The summed E-state index contributed by atoms with van der Waals surface area (Å²) in [7, 11) is 0. The molecule has 0 atom stereocenters. The first-order valence-electron chi connectivity index (χ1n) is 8.18. The lowest BCUT2D eigenvalue weighted by Gasteiger charge is -2.38. The molecule has 1 heterocycles. The van der Waals surface area contributed by atoms with Crippen molar-refractivity contribution in [3.8, 4) is 0 Å². The van der Waals surface area contributed by atoms with Gasteiger partial charge in [-0.2, -0.15) is 5.10 Å². The highest BCUT2D eigenvalue weighted by atomic mass is 16.6. The Hall–Kier alpha value is -1.43. The summed E-state index contributed by atoms with van der Waals surface area (Å²) < 4.78 is 7.31. The molecule has 22 heavy (non-hydrogen) atoms. The normalized spacial score (nSPS) is 18.1. The van der Waals surface area contributed by atoms with E-state index >= 15 is 0 Å². The minimum absolute atomic E-state index is 0.109. The highest BCUT2D eigenvalue weighted by molar-refractivity contribution is 5.71. The van der Waals surface area contributed by atoms with Gasteiger partial charge in [0.2, 0.25) is 0 Å². The Morgan fingerprint density at radius 1 is 1.32 bits per heavy atom. The van der Waals surface area contributed by atoms with Crippen LogP contribution in [-0.4, -0.2) is 38.4 Å². The molecule has 1 N–H and O–H groups in total. The van der Waals surface area contributed by atoms with E-state index in [1.807, 2.05) is 20.8 Å². The van der Waals surface area contributed by atoms with Crippen LogP contribution in [0.1, 0.15) is 59.3 Å². The van der Waals surface area contributed by atoms with Crippen molar-refractivity contribution >= 4 is 5.97 Å². The number of ether oxygens (including phenoxy) is 1. The van der Waals surface area contributed by atoms with Crippen molar-refractivity contribution in [2.75, 3.05) is 6.54 Å². The highest BCUT2D eigenvalue weighted by Gasteiger charge is 2.35. The summed E-state index contributed by atoms with van der Waals surface area (Å²) in [6.45, 7) is 7.28. The number of hydrogen-bond donors (Lipinski definition) is 1. The average molecular weight is 308 g/mol. The number of nitrogens with one attached hydrogen (secondary N) is 1. The maximum atomic E-state index is 12.2. The quantitative estimate of drug-likeness (QED) is 0.817. The zero-order valence-corrected chi connectivity index (χ0v) is 14.0. The van der Waals surface area contributed by atoms with E-state index < -0.39 is 5.60 Å². The summed E-state index contributed by atoms with van der Waals surface area (Å²) in [5.41, 5.74) is -0.547. The molecular formula is C16H28N4O2. The molecule has 6 nitrogen and oxygen atoms in total. The second-order valence-electron chi connectivity index (χ2n) is 7.19. The van der Waals surface area contributed by atoms with Gasteiger partial charge in [0.25, 0.3) is 0 Å². The number of rotatable bonds is 6. The number of carbonyl (C=O) groups is 1. The molecule has 124 valence electrons. The summed E-state index contributed by atoms with van der Waals surface area (Å²) in [6.07, 6.45) is 9.34. The van der Waals surface area contributed by atoms with E-state index in [9.17, 15) is 4.79 Å². The summed E-state index contributed by atoms with van der Waals surface area (Å²) in [5.74, 6) is -0.109. The molecule has 0 aromatic carbocycles. The Morgan fingerprint density at radius 2 is 2.05 bits per heavy atom. The van der Waals surface area contributed by atoms with Gasteiger partial charge < -0.3 is 10.1 Å². The van der Waals surface area contributed by atoms with E-state index in [0.29, 0.717) is 6.42 Å². The molecule has 6 heteroatoms. The first-order chi connectivity index (χ1) is 10.4. The van der Waals surface area contributed by atoms with Gasteiger partial charge in [0.1, 0.15) is 18.3 Å². The van der Waals surface area contributed by atoms with Gasteiger partial charge in [0, 0.05) is 12.1 Å². The maximum absolute atomic E-state index is 12.2. The topological polar surface area (TPSA) is 69.0 Å². The summed E-state index contributed by atoms with van der Waals surface area (Å²) in [5, 5.41) is 7.71. The van der Waals surface area contributed by atoms with Crippen molar-refractivity contribution in [2.24, 2.45) is 0 Å². The average Bonchev–Trinajstić information content (AvgIpc) is 2.90. The minimum atomic E-state index is -0.423. The fraction of sp³-hybridized carbons (Fsp3) is 0.812. The maximum Gasteiger partial charge on any atom is 0.308 e. The van der Waals surface area contributed by atoms with Crippen molar-refractivity contribution in [3.05, 3.63) is 12.7 Å². The van der Waals surface area contributed by atoms with E-state index in [1.165, 1.54) is 25.6 Å². The van der Waals surface area contributed by atoms with Crippen molar-refractivity contribution < 1.29 is 9.53 Å². The number of nitrogens with zero attached hydrogens (tertiary/aromatic N) is 3. The first-order valence-corrected chi connectivity index (χ1v) is 8.18. The van der Waals surface area contributed by atoms with Gasteiger partial charge in [-0.25, -0.2) is 4.98 Å². The van der Waals surface area contributed by atoms with Crippen molar-refractivity contribution in [3.63, 3.8) is 0 Å². The van der Waals surface area contributed by atoms with E-state index in [2.05, 4.69) is 15.4 Å². The Kier molecular flexibility index (Phi) is 5.56. The molecule has 0 saturated heterocycles. The SMILES string of the molecule is CC(C)(C)OC(=O)CC1(NCCn2cncn2)CCCCC1. The molecule has 0 unspecified atom stereocenters. The summed E-state index contributed by atoms with van der Waals surface area (Å²) >= 11 is 0. The third-order valence-electron chi connectivity index (χ3n) is 4.02. The number of aromatic nitrogens is 3. The van der Waals surface area contributed by atoms with Crippen molar-refractivity contribution in [2.45, 2.75) is 77.0 Å². The lowest BCUT2D eigenvalue weighted by atomic mass is 9.79.